The number of rotatable bonds is 7. The predicted octanol–water partition coefficient (Wildman–Crippen LogP) is 4.64. The van der Waals surface area contributed by atoms with E-state index in [0.29, 0.717) is 11.8 Å². The molecule has 0 radical (unpaired) electrons. The third-order valence-corrected chi connectivity index (χ3v) is 3.23. The van der Waals surface area contributed by atoms with Crippen LogP contribution in [0.3, 0.4) is 0 Å². The number of hydrogen-bond donors (Lipinski definition) is 2. The molecule has 0 atom stereocenters. The fourth-order valence-corrected chi connectivity index (χ4v) is 2.55. The van der Waals surface area contributed by atoms with Gasteiger partial charge >= 0.3 is 0 Å². The summed E-state index contributed by atoms with van der Waals surface area (Å²) >= 11 is 0. The third-order valence-electron chi connectivity index (χ3n) is 3.23. The number of hydrogen-bond acceptors (Lipinski definition) is 3. The highest BCUT2D eigenvalue weighted by Crippen LogP contribution is 2.31. The van der Waals surface area contributed by atoms with E-state index >= 15 is 0 Å². The first-order valence-corrected chi connectivity index (χ1v) is 7.78. The Morgan fingerprint density at radius 1 is 1.19 bits per heavy atom. The van der Waals surface area contributed by atoms with E-state index in [2.05, 4.69) is 57.5 Å². The van der Waals surface area contributed by atoms with Gasteiger partial charge in [0.2, 0.25) is 0 Å². The molecular weight excluding hydrogens is 258 g/mol. The molecule has 1 aromatic rings. The van der Waals surface area contributed by atoms with Gasteiger partial charge < -0.3 is 16.0 Å². The second kappa shape index (κ2) is 7.39. The van der Waals surface area contributed by atoms with Crippen LogP contribution in [-0.2, 0) is 0 Å². The highest BCUT2D eigenvalue weighted by atomic mass is 15.1. The molecule has 3 N–H and O–H groups in total. The third kappa shape index (κ3) is 5.33. The highest BCUT2D eigenvalue weighted by Gasteiger charge is 2.15. The van der Waals surface area contributed by atoms with Gasteiger partial charge in [0.25, 0.3) is 0 Å². The van der Waals surface area contributed by atoms with Gasteiger partial charge in [0.1, 0.15) is 0 Å². The number of allylic oxidation sites excluding steroid dienone is 1. The summed E-state index contributed by atoms with van der Waals surface area (Å²) in [5, 5.41) is 3.26. The van der Waals surface area contributed by atoms with Crippen molar-refractivity contribution in [2.24, 2.45) is 11.8 Å². The molecule has 3 nitrogen and oxygen atoms in total. The normalized spacial score (nSPS) is 11.0. The molecule has 0 saturated heterocycles. The summed E-state index contributed by atoms with van der Waals surface area (Å²) in [5.74, 6) is 1.25. The first-order valence-electron chi connectivity index (χ1n) is 7.78. The Balaban J connectivity index is 3.19. The van der Waals surface area contributed by atoms with Crippen LogP contribution in [0.4, 0.5) is 17.1 Å². The van der Waals surface area contributed by atoms with Crippen molar-refractivity contribution in [1.29, 1.82) is 0 Å². The van der Waals surface area contributed by atoms with Gasteiger partial charge in [-0.05, 0) is 43.4 Å². The number of nitrogens with two attached hydrogens (primary N) is 1. The van der Waals surface area contributed by atoms with E-state index in [1.54, 1.807) is 0 Å². The number of anilines is 3. The maximum Gasteiger partial charge on any atom is 0.0636 e. The number of nitrogens with one attached hydrogen (secondary N) is 1. The molecule has 0 aliphatic rings. The lowest BCUT2D eigenvalue weighted by atomic mass is 10.1. The minimum Gasteiger partial charge on any atom is -0.397 e. The van der Waals surface area contributed by atoms with Crippen molar-refractivity contribution in [3.05, 3.63) is 30.0 Å². The van der Waals surface area contributed by atoms with Crippen LogP contribution in [0.5, 0.6) is 0 Å². The Morgan fingerprint density at radius 2 is 1.71 bits per heavy atom. The number of benzene rings is 1. The predicted molar refractivity (Wildman–Crippen MR) is 95.9 cm³/mol. The number of aryl methyl sites for hydroxylation is 1. The maximum absolute atomic E-state index is 6.12. The fourth-order valence-electron chi connectivity index (χ4n) is 2.55. The molecule has 1 aromatic carbocycles. The molecule has 0 bridgehead atoms. The van der Waals surface area contributed by atoms with E-state index in [9.17, 15) is 0 Å². The summed E-state index contributed by atoms with van der Waals surface area (Å²) in [6, 6.07) is 4.21. The van der Waals surface area contributed by atoms with Gasteiger partial charge in [-0.15, -0.1) is 0 Å². The Morgan fingerprint density at radius 3 is 2.14 bits per heavy atom. The van der Waals surface area contributed by atoms with Crippen LogP contribution in [0.2, 0.25) is 0 Å². The first-order chi connectivity index (χ1) is 9.70. The molecule has 0 aliphatic heterocycles. The van der Waals surface area contributed by atoms with E-state index in [1.165, 1.54) is 11.3 Å². The first kappa shape index (κ1) is 17.4. The lowest BCUT2D eigenvalue weighted by molar-refractivity contribution is 0.552. The van der Waals surface area contributed by atoms with E-state index in [1.807, 2.05) is 13.0 Å². The van der Waals surface area contributed by atoms with E-state index in [0.717, 1.165) is 30.2 Å². The van der Waals surface area contributed by atoms with Crippen molar-refractivity contribution in [1.82, 2.24) is 0 Å². The number of nitrogen functional groups attached to an aromatic ring is 1. The van der Waals surface area contributed by atoms with Gasteiger partial charge in [0.05, 0.1) is 11.4 Å². The zero-order valence-electron chi connectivity index (χ0n) is 14.5. The molecule has 0 unspecified atom stereocenters. The van der Waals surface area contributed by atoms with Crippen LogP contribution >= 0.6 is 0 Å². The summed E-state index contributed by atoms with van der Waals surface area (Å²) in [4.78, 5) is 2.47. The van der Waals surface area contributed by atoms with Gasteiger partial charge in [-0.2, -0.15) is 0 Å². The van der Waals surface area contributed by atoms with Crippen LogP contribution < -0.4 is 16.0 Å². The van der Waals surface area contributed by atoms with Crippen molar-refractivity contribution in [3.63, 3.8) is 0 Å². The summed E-state index contributed by atoms with van der Waals surface area (Å²) in [5.41, 5.74) is 11.2. The quantitative estimate of drug-likeness (QED) is 0.718. The van der Waals surface area contributed by atoms with Crippen LogP contribution in [0, 0.1) is 18.8 Å². The Bertz CT molecular complexity index is 479. The average molecular weight is 289 g/mol. The lowest BCUT2D eigenvalue weighted by Crippen LogP contribution is -2.32. The zero-order chi connectivity index (χ0) is 16.2. The second-order valence-electron chi connectivity index (χ2n) is 6.82. The second-order valence-corrected chi connectivity index (χ2v) is 6.82. The van der Waals surface area contributed by atoms with Gasteiger partial charge in [0.15, 0.2) is 0 Å². The topological polar surface area (TPSA) is 41.3 Å². The maximum atomic E-state index is 6.12. The molecule has 0 fully saturated rings. The number of nitrogens with zero attached hydrogens (tertiary/aromatic N) is 1. The van der Waals surface area contributed by atoms with Gasteiger partial charge in [-0.25, -0.2) is 0 Å². The Kier molecular flexibility index (Phi) is 6.13. The molecule has 0 saturated carbocycles. The molecule has 0 spiro atoms. The van der Waals surface area contributed by atoms with Crippen molar-refractivity contribution in [2.75, 3.05) is 29.0 Å². The molecule has 0 aromatic heterocycles. The summed E-state index contributed by atoms with van der Waals surface area (Å²) in [6.45, 7) is 19.1. The minimum absolute atomic E-state index is 0.623. The van der Waals surface area contributed by atoms with E-state index in [-0.39, 0.29) is 0 Å². The standard InChI is InChI=1S/C18H31N3/c1-12(2)10-21(11-13(3)4)18-9-17(20-14(5)6)16(19)8-15(18)7/h8-9,12-13,20H,5,10-11,19H2,1-4,6-7H3. The molecule has 3 heteroatoms. The molecule has 0 heterocycles. The molecule has 0 amide bonds. The van der Waals surface area contributed by atoms with E-state index in [4.69, 9.17) is 5.73 Å². The minimum atomic E-state index is 0.623. The Labute approximate surface area is 130 Å². The van der Waals surface area contributed by atoms with Crippen LogP contribution in [0.15, 0.2) is 24.4 Å². The summed E-state index contributed by atoms with van der Waals surface area (Å²) in [6.07, 6.45) is 0. The molecule has 0 aliphatic carbocycles. The summed E-state index contributed by atoms with van der Waals surface area (Å²) < 4.78 is 0. The fraction of sp³-hybridized carbons (Fsp3) is 0.556. The van der Waals surface area contributed by atoms with Crippen molar-refractivity contribution < 1.29 is 0 Å². The molecule has 118 valence electrons. The lowest BCUT2D eigenvalue weighted by Gasteiger charge is -2.30. The molecule has 21 heavy (non-hydrogen) atoms. The monoisotopic (exact) mass is 289 g/mol. The Hall–Kier alpha value is -1.64. The van der Waals surface area contributed by atoms with Crippen molar-refractivity contribution >= 4 is 17.1 Å². The molecule has 1 rings (SSSR count). The molecular formula is C18H31N3. The van der Waals surface area contributed by atoms with E-state index < -0.39 is 0 Å². The highest BCUT2D eigenvalue weighted by molar-refractivity contribution is 5.76. The SMILES string of the molecule is C=C(C)Nc1cc(N(CC(C)C)CC(C)C)c(C)cc1N. The van der Waals surface area contributed by atoms with Gasteiger partial charge in [-0.3, -0.25) is 0 Å². The van der Waals surface area contributed by atoms with Gasteiger partial charge in [0, 0.05) is 24.5 Å². The van der Waals surface area contributed by atoms with Crippen molar-refractivity contribution in [2.45, 2.75) is 41.5 Å². The largest absolute Gasteiger partial charge is 0.397 e. The smallest absolute Gasteiger partial charge is 0.0636 e. The van der Waals surface area contributed by atoms with Crippen LogP contribution in [0.25, 0.3) is 0 Å². The van der Waals surface area contributed by atoms with Gasteiger partial charge in [-0.1, -0.05) is 34.3 Å². The van der Waals surface area contributed by atoms with Crippen LogP contribution in [-0.4, -0.2) is 13.1 Å². The van der Waals surface area contributed by atoms with Crippen molar-refractivity contribution in [3.8, 4) is 0 Å². The average Bonchev–Trinajstić information content (AvgIpc) is 2.30. The van der Waals surface area contributed by atoms with Crippen LogP contribution in [0.1, 0.15) is 40.2 Å². The summed E-state index contributed by atoms with van der Waals surface area (Å²) in [7, 11) is 0. The zero-order valence-corrected chi connectivity index (χ0v) is 14.5.